The first-order valence-electron chi connectivity index (χ1n) is 11.7. The summed E-state index contributed by atoms with van der Waals surface area (Å²) in [4.78, 5) is 25.3. The summed E-state index contributed by atoms with van der Waals surface area (Å²) in [7, 11) is 0. The highest BCUT2D eigenvalue weighted by molar-refractivity contribution is 6.04. The van der Waals surface area contributed by atoms with E-state index in [4.69, 9.17) is 10.8 Å². The van der Waals surface area contributed by atoms with Crippen LogP contribution in [-0.2, 0) is 6.42 Å². The maximum Gasteiger partial charge on any atom is 0.250 e. The third kappa shape index (κ3) is 4.11. The van der Waals surface area contributed by atoms with Gasteiger partial charge in [-0.3, -0.25) is 14.7 Å². The van der Waals surface area contributed by atoms with Crippen LogP contribution in [-0.4, -0.2) is 48.9 Å². The van der Waals surface area contributed by atoms with Gasteiger partial charge in [0.25, 0.3) is 5.91 Å². The minimum atomic E-state index is -0.511. The van der Waals surface area contributed by atoms with E-state index in [2.05, 4.69) is 29.4 Å². The molecule has 9 heteroatoms. The summed E-state index contributed by atoms with van der Waals surface area (Å²) in [6.45, 7) is 4.17. The van der Waals surface area contributed by atoms with Crippen molar-refractivity contribution in [2.45, 2.75) is 64.5 Å². The second kappa shape index (κ2) is 8.39. The minimum Gasteiger partial charge on any atom is -0.393 e. The van der Waals surface area contributed by atoms with E-state index in [1.165, 1.54) is 0 Å². The minimum absolute atomic E-state index is 0.0709. The number of rotatable bonds is 5. The average molecular weight is 463 g/mol. The number of ketones is 1. The number of hydrogen-bond acceptors (Lipinski definition) is 6. The van der Waals surface area contributed by atoms with Gasteiger partial charge in [0.2, 0.25) is 0 Å². The highest BCUT2D eigenvalue weighted by atomic mass is 16.3. The van der Waals surface area contributed by atoms with Gasteiger partial charge in [-0.15, -0.1) is 0 Å². The number of nitrogens with zero attached hydrogens (tertiary/aromatic N) is 3. The van der Waals surface area contributed by atoms with Crippen LogP contribution < -0.4 is 11.1 Å². The summed E-state index contributed by atoms with van der Waals surface area (Å²) in [6.07, 6.45) is 7.36. The summed E-state index contributed by atoms with van der Waals surface area (Å²) in [5, 5.41) is 25.0. The number of fused-ring (bicyclic) bond motifs is 1. The SMILES string of the molecule is CC1(C)CC(=O)c2c(-c3cn[nH]c3)nn(-c3ccc(C(N)=O)c(N[C@H]4CC[C@H](O)CC4)c3)c2C1. The molecule has 0 saturated heterocycles. The third-order valence-corrected chi connectivity index (χ3v) is 6.89. The fourth-order valence-corrected chi connectivity index (χ4v) is 5.18. The Kier molecular flexibility index (Phi) is 5.51. The molecule has 2 aromatic heterocycles. The summed E-state index contributed by atoms with van der Waals surface area (Å²) in [5.41, 5.74) is 10.1. The van der Waals surface area contributed by atoms with Gasteiger partial charge >= 0.3 is 0 Å². The van der Waals surface area contributed by atoms with E-state index in [1.54, 1.807) is 18.5 Å². The number of primary amides is 1. The molecule has 3 aromatic rings. The number of amides is 1. The lowest BCUT2D eigenvalue weighted by Gasteiger charge is -2.29. The van der Waals surface area contributed by atoms with E-state index >= 15 is 0 Å². The average Bonchev–Trinajstić information content (AvgIpc) is 3.42. The van der Waals surface area contributed by atoms with Crippen molar-refractivity contribution in [3.05, 3.63) is 47.4 Å². The van der Waals surface area contributed by atoms with Crippen LogP contribution >= 0.6 is 0 Å². The Labute approximate surface area is 197 Å². The molecule has 2 heterocycles. The number of aliphatic hydroxyl groups is 1. The summed E-state index contributed by atoms with van der Waals surface area (Å²) >= 11 is 0. The zero-order chi connectivity index (χ0) is 24.0. The van der Waals surface area contributed by atoms with Crippen LogP contribution in [0.15, 0.2) is 30.6 Å². The molecule has 178 valence electrons. The number of aliphatic hydroxyl groups excluding tert-OH is 1. The van der Waals surface area contributed by atoms with Crippen molar-refractivity contribution in [1.82, 2.24) is 20.0 Å². The summed E-state index contributed by atoms with van der Waals surface area (Å²) in [5.74, 6) is -0.440. The molecule has 0 aliphatic heterocycles. The zero-order valence-electron chi connectivity index (χ0n) is 19.5. The van der Waals surface area contributed by atoms with Crippen LogP contribution in [0.1, 0.15) is 72.4 Å². The lowest BCUT2D eigenvalue weighted by atomic mass is 9.75. The molecule has 0 spiro atoms. The maximum absolute atomic E-state index is 13.2. The number of Topliss-reactive ketones (excluding diaryl/α,β-unsaturated/α-hetero) is 1. The van der Waals surface area contributed by atoms with Gasteiger partial charge in [-0.1, -0.05) is 13.8 Å². The van der Waals surface area contributed by atoms with Crippen molar-refractivity contribution in [2.24, 2.45) is 11.1 Å². The molecular formula is C25H30N6O3. The zero-order valence-corrected chi connectivity index (χ0v) is 19.5. The molecule has 1 fully saturated rings. The van der Waals surface area contributed by atoms with Gasteiger partial charge in [0.15, 0.2) is 5.78 Å². The van der Waals surface area contributed by atoms with E-state index in [0.717, 1.165) is 42.6 Å². The van der Waals surface area contributed by atoms with E-state index in [1.807, 2.05) is 16.8 Å². The van der Waals surface area contributed by atoms with Crippen LogP contribution in [0.2, 0.25) is 0 Å². The lowest BCUT2D eigenvalue weighted by Crippen LogP contribution is -2.29. The second-order valence-electron chi connectivity index (χ2n) is 10.3. The summed E-state index contributed by atoms with van der Waals surface area (Å²) in [6, 6.07) is 5.54. The molecule has 0 bridgehead atoms. The molecule has 1 aromatic carbocycles. The molecular weight excluding hydrogens is 432 g/mol. The van der Waals surface area contributed by atoms with Gasteiger partial charge < -0.3 is 16.2 Å². The van der Waals surface area contributed by atoms with Gasteiger partial charge in [-0.05, 0) is 55.7 Å². The van der Waals surface area contributed by atoms with Crippen LogP contribution in [0.5, 0.6) is 0 Å². The molecule has 5 N–H and O–H groups in total. The van der Waals surface area contributed by atoms with Crippen molar-refractivity contribution < 1.29 is 14.7 Å². The van der Waals surface area contributed by atoms with Gasteiger partial charge in [-0.2, -0.15) is 10.2 Å². The smallest absolute Gasteiger partial charge is 0.250 e. The van der Waals surface area contributed by atoms with Gasteiger partial charge in [-0.25, -0.2) is 4.68 Å². The van der Waals surface area contributed by atoms with Gasteiger partial charge in [0, 0.05) is 29.9 Å². The maximum atomic E-state index is 13.2. The fourth-order valence-electron chi connectivity index (χ4n) is 5.18. The number of anilines is 1. The van der Waals surface area contributed by atoms with E-state index in [0.29, 0.717) is 35.3 Å². The Bertz CT molecular complexity index is 1240. The molecule has 2 aliphatic rings. The number of carbonyl (C=O) groups is 2. The second-order valence-corrected chi connectivity index (χ2v) is 10.3. The number of nitrogens with one attached hydrogen (secondary N) is 2. The van der Waals surface area contributed by atoms with E-state index in [-0.39, 0.29) is 23.3 Å². The molecule has 9 nitrogen and oxygen atoms in total. The molecule has 1 amide bonds. The lowest BCUT2D eigenvalue weighted by molar-refractivity contribution is 0.0910. The van der Waals surface area contributed by atoms with Crippen LogP contribution in [0.3, 0.4) is 0 Å². The number of carbonyl (C=O) groups excluding carboxylic acids is 2. The molecule has 5 rings (SSSR count). The van der Waals surface area contributed by atoms with Crippen molar-refractivity contribution in [3.63, 3.8) is 0 Å². The Balaban J connectivity index is 1.60. The first-order valence-corrected chi connectivity index (χ1v) is 11.7. The molecule has 2 aliphatic carbocycles. The Morgan fingerprint density at radius 3 is 2.68 bits per heavy atom. The first kappa shape index (κ1) is 22.3. The Morgan fingerprint density at radius 1 is 1.24 bits per heavy atom. The first-order chi connectivity index (χ1) is 16.2. The molecule has 1 saturated carbocycles. The standard InChI is InChI=1S/C25H30N6O3/c1-25(2)10-20-22(21(33)11-25)23(14-12-27-28-13-14)30-31(20)16-5-8-18(24(26)34)19(9-16)29-15-3-6-17(32)7-4-15/h5,8-9,12-13,15,17,29,32H,3-4,6-7,10-11H2,1-2H3,(H2,26,34)(H,27,28)/t15-,17-. The molecule has 0 radical (unpaired) electrons. The van der Waals surface area contributed by atoms with Crippen molar-refractivity contribution in [2.75, 3.05) is 5.32 Å². The predicted octanol–water partition coefficient (Wildman–Crippen LogP) is 3.23. The third-order valence-electron chi connectivity index (χ3n) is 6.89. The molecule has 34 heavy (non-hydrogen) atoms. The normalized spacial score (nSPS) is 21.8. The number of nitrogens with two attached hydrogens (primary N) is 1. The number of benzene rings is 1. The number of H-pyrrole nitrogens is 1. The number of aromatic nitrogens is 4. The topological polar surface area (TPSA) is 139 Å². The van der Waals surface area contributed by atoms with Crippen molar-refractivity contribution >= 4 is 17.4 Å². The Hall–Kier alpha value is -3.46. The van der Waals surface area contributed by atoms with Crippen molar-refractivity contribution in [3.8, 4) is 16.9 Å². The number of hydrogen-bond donors (Lipinski definition) is 4. The quantitative estimate of drug-likeness (QED) is 0.459. The highest BCUT2D eigenvalue weighted by Gasteiger charge is 2.37. The molecule has 0 atom stereocenters. The highest BCUT2D eigenvalue weighted by Crippen LogP contribution is 2.40. The van der Waals surface area contributed by atoms with E-state index in [9.17, 15) is 14.7 Å². The Morgan fingerprint density at radius 2 is 2.00 bits per heavy atom. The van der Waals surface area contributed by atoms with Crippen molar-refractivity contribution in [1.29, 1.82) is 0 Å². The van der Waals surface area contributed by atoms with Crippen LogP contribution in [0.4, 0.5) is 5.69 Å². The van der Waals surface area contributed by atoms with Gasteiger partial charge in [0.05, 0.1) is 34.8 Å². The largest absolute Gasteiger partial charge is 0.393 e. The number of aromatic amines is 1. The van der Waals surface area contributed by atoms with Crippen LogP contribution in [0, 0.1) is 5.41 Å². The fraction of sp³-hybridized carbons (Fsp3) is 0.440. The summed E-state index contributed by atoms with van der Waals surface area (Å²) < 4.78 is 1.82. The monoisotopic (exact) mass is 462 g/mol. The molecule has 0 unspecified atom stereocenters. The van der Waals surface area contributed by atoms with Crippen LogP contribution in [0.25, 0.3) is 16.9 Å². The predicted molar refractivity (Wildman–Crippen MR) is 128 cm³/mol. The van der Waals surface area contributed by atoms with Gasteiger partial charge in [0.1, 0.15) is 5.69 Å². The van der Waals surface area contributed by atoms with E-state index < -0.39 is 5.91 Å².